The van der Waals surface area contributed by atoms with Crippen LogP contribution >= 0.6 is 0 Å². The van der Waals surface area contributed by atoms with Crippen molar-refractivity contribution in [3.05, 3.63) is 76.1 Å². The predicted octanol–water partition coefficient (Wildman–Crippen LogP) is 5.19. The van der Waals surface area contributed by atoms with Gasteiger partial charge in [0.05, 0.1) is 38.1 Å². The highest BCUT2D eigenvalue weighted by Crippen LogP contribution is 2.38. The first-order valence-corrected chi connectivity index (χ1v) is 16.2. The molecular formula is C35H40FN5O6. The predicted molar refractivity (Wildman–Crippen MR) is 175 cm³/mol. The van der Waals surface area contributed by atoms with Crippen LogP contribution in [0.3, 0.4) is 0 Å². The van der Waals surface area contributed by atoms with Gasteiger partial charge in [0, 0.05) is 55.5 Å². The largest absolute Gasteiger partial charge is 0.493 e. The number of carbonyl (C=O) groups excluding carboxylic acids is 1. The first kappa shape index (κ1) is 32.4. The van der Waals surface area contributed by atoms with Crippen LogP contribution in [0.1, 0.15) is 54.6 Å². The fraction of sp³-hybridized carbons (Fsp3) is 0.429. The van der Waals surface area contributed by atoms with Crippen molar-refractivity contribution < 1.29 is 28.1 Å². The van der Waals surface area contributed by atoms with Crippen LogP contribution in [0.2, 0.25) is 0 Å². The van der Waals surface area contributed by atoms with E-state index >= 15 is 4.39 Å². The van der Waals surface area contributed by atoms with Gasteiger partial charge in [-0.15, -0.1) is 0 Å². The minimum atomic E-state index is -0.706. The van der Waals surface area contributed by atoms with E-state index in [1.165, 1.54) is 18.2 Å². The summed E-state index contributed by atoms with van der Waals surface area (Å²) in [5.41, 5.74) is 0.882. The minimum Gasteiger partial charge on any atom is -0.493 e. The van der Waals surface area contributed by atoms with E-state index in [4.69, 9.17) is 18.9 Å². The van der Waals surface area contributed by atoms with Gasteiger partial charge in [-0.3, -0.25) is 19.5 Å². The number of amides is 1. The molecule has 2 aromatic heterocycles. The molecule has 0 spiro atoms. The number of nitrogens with one attached hydrogen (secondary N) is 1. The second-order valence-electron chi connectivity index (χ2n) is 11.9. The van der Waals surface area contributed by atoms with Crippen LogP contribution in [-0.4, -0.2) is 78.2 Å². The van der Waals surface area contributed by atoms with E-state index in [0.717, 1.165) is 82.1 Å². The zero-order valence-corrected chi connectivity index (χ0v) is 26.8. The topological polar surface area (TPSA) is 117 Å². The lowest BCUT2D eigenvalue weighted by Crippen LogP contribution is -2.38. The maximum absolute atomic E-state index is 15.5. The van der Waals surface area contributed by atoms with Gasteiger partial charge in [-0.05, 0) is 56.0 Å². The van der Waals surface area contributed by atoms with Crippen LogP contribution < -0.4 is 25.1 Å². The summed E-state index contributed by atoms with van der Waals surface area (Å²) in [5, 5.41) is 7.97. The van der Waals surface area contributed by atoms with Gasteiger partial charge in [-0.25, -0.2) is 4.39 Å². The van der Waals surface area contributed by atoms with Crippen LogP contribution in [0.15, 0.2) is 53.5 Å². The molecule has 248 valence electrons. The second-order valence-corrected chi connectivity index (χ2v) is 11.9. The van der Waals surface area contributed by atoms with Crippen molar-refractivity contribution in [1.82, 2.24) is 25.0 Å². The molecule has 0 unspecified atom stereocenters. The number of halogens is 1. The summed E-state index contributed by atoms with van der Waals surface area (Å²) in [6, 6.07) is 10.7. The molecule has 1 N–H and O–H groups in total. The summed E-state index contributed by atoms with van der Waals surface area (Å²) in [6.45, 7) is 6.47. The molecule has 1 saturated carbocycles. The molecule has 11 nitrogen and oxygen atoms in total. The normalized spacial score (nSPS) is 15.8. The maximum atomic E-state index is 15.5. The zero-order chi connectivity index (χ0) is 32.8. The first-order valence-electron chi connectivity index (χ1n) is 16.2. The van der Waals surface area contributed by atoms with Gasteiger partial charge in [0.2, 0.25) is 0 Å². The first-order chi connectivity index (χ1) is 22.9. The Labute approximate surface area is 272 Å². The van der Waals surface area contributed by atoms with E-state index in [1.54, 1.807) is 38.4 Å². The third-order valence-corrected chi connectivity index (χ3v) is 8.62. The Morgan fingerprint density at radius 2 is 1.83 bits per heavy atom. The molecule has 1 saturated heterocycles. The number of aromatic nitrogens is 3. The molecule has 12 heteroatoms. The lowest BCUT2D eigenvalue weighted by Gasteiger charge is -2.26. The van der Waals surface area contributed by atoms with E-state index in [-0.39, 0.29) is 29.1 Å². The molecule has 4 aromatic rings. The second kappa shape index (κ2) is 14.9. The number of rotatable bonds is 11. The number of aryl methyl sites for hydroxylation is 1. The number of hydrogen-bond donors (Lipinski definition) is 1. The molecule has 1 aliphatic heterocycles. The molecule has 2 fully saturated rings. The summed E-state index contributed by atoms with van der Waals surface area (Å²) >= 11 is 0. The number of ether oxygens (including phenoxy) is 4. The average Bonchev–Trinajstić information content (AvgIpc) is 3.08. The van der Waals surface area contributed by atoms with Gasteiger partial charge in [0.1, 0.15) is 5.75 Å². The fourth-order valence-electron chi connectivity index (χ4n) is 6.06. The highest BCUT2D eigenvalue weighted by Gasteiger charge is 2.21. The number of fused-ring (bicyclic) bond motifs is 1. The molecule has 0 radical (unpaired) electrons. The zero-order valence-electron chi connectivity index (χ0n) is 26.8. The Morgan fingerprint density at radius 1 is 1.02 bits per heavy atom. The average molecular weight is 646 g/mol. The summed E-state index contributed by atoms with van der Waals surface area (Å²) in [6.07, 6.45) is 7.57. The van der Waals surface area contributed by atoms with Crippen LogP contribution in [-0.2, 0) is 4.74 Å². The maximum Gasteiger partial charge on any atom is 0.272 e. The Balaban J connectivity index is 1.18. The lowest BCUT2D eigenvalue weighted by molar-refractivity contribution is 0.0357. The standard InChI is InChI=1S/C35H40FN5O6/c1-23-19-33(42)41(39-34(23)35(43)38-24-7-4-3-5-8-24)25-9-10-30(27(36)20-25)47-29-11-12-37-28-22-32(31(44-2)21-26(28)29)46-16-6-13-40-14-17-45-18-15-40/h9-12,19-22,24H,3-8,13-18H2,1-2H3,(H,38,43). The molecule has 0 atom stereocenters. The minimum absolute atomic E-state index is 0.0564. The Bertz CT molecular complexity index is 1780. The number of nitrogens with zero attached hydrogens (tertiary/aromatic N) is 4. The van der Waals surface area contributed by atoms with Crippen LogP contribution in [0.25, 0.3) is 16.6 Å². The van der Waals surface area contributed by atoms with Crippen molar-refractivity contribution in [2.24, 2.45) is 0 Å². The van der Waals surface area contributed by atoms with Gasteiger partial charge >= 0.3 is 0 Å². The van der Waals surface area contributed by atoms with Gasteiger partial charge in [0.15, 0.2) is 28.8 Å². The molecule has 1 aliphatic carbocycles. The summed E-state index contributed by atoms with van der Waals surface area (Å²) < 4.78 is 39.6. The number of morpholine rings is 1. The van der Waals surface area contributed by atoms with Crippen molar-refractivity contribution in [2.45, 2.75) is 51.5 Å². The Hall–Kier alpha value is -4.55. The van der Waals surface area contributed by atoms with Crippen LogP contribution in [0.4, 0.5) is 4.39 Å². The van der Waals surface area contributed by atoms with Gasteiger partial charge in [-0.1, -0.05) is 19.3 Å². The van der Waals surface area contributed by atoms with E-state index in [2.05, 4.69) is 20.3 Å². The van der Waals surface area contributed by atoms with Crippen molar-refractivity contribution in [3.63, 3.8) is 0 Å². The van der Waals surface area contributed by atoms with Gasteiger partial charge in [-0.2, -0.15) is 9.78 Å². The molecule has 2 aromatic carbocycles. The van der Waals surface area contributed by atoms with E-state index in [0.29, 0.717) is 40.3 Å². The number of methoxy groups -OCH3 is 1. The van der Waals surface area contributed by atoms with Crippen LogP contribution in [0, 0.1) is 12.7 Å². The van der Waals surface area contributed by atoms with Gasteiger partial charge < -0.3 is 24.3 Å². The van der Waals surface area contributed by atoms with Crippen molar-refractivity contribution in [1.29, 1.82) is 0 Å². The molecule has 6 rings (SSSR count). The fourth-order valence-corrected chi connectivity index (χ4v) is 6.06. The smallest absolute Gasteiger partial charge is 0.272 e. The lowest BCUT2D eigenvalue weighted by atomic mass is 9.95. The SMILES string of the molecule is COc1cc2c(Oc3ccc(-n4nc(C(=O)NC5CCCCC5)c(C)cc4=O)cc3F)ccnc2cc1OCCCN1CCOCC1. The third-order valence-electron chi connectivity index (χ3n) is 8.62. The molecule has 2 aliphatic rings. The van der Waals surface area contributed by atoms with E-state index in [9.17, 15) is 9.59 Å². The molecule has 0 bridgehead atoms. The quantitative estimate of drug-likeness (QED) is 0.220. The Kier molecular flexibility index (Phi) is 10.3. The molecule has 47 heavy (non-hydrogen) atoms. The van der Waals surface area contributed by atoms with Crippen LogP contribution in [0.5, 0.6) is 23.0 Å². The highest BCUT2D eigenvalue weighted by molar-refractivity contribution is 5.93. The number of carbonyl (C=O) groups is 1. The number of hydrogen-bond acceptors (Lipinski definition) is 9. The summed E-state index contributed by atoms with van der Waals surface area (Å²) in [7, 11) is 1.56. The molecular weight excluding hydrogens is 605 g/mol. The summed E-state index contributed by atoms with van der Waals surface area (Å²) in [5.74, 6) is 0.327. The van der Waals surface area contributed by atoms with Crippen molar-refractivity contribution in [2.75, 3.05) is 46.6 Å². The van der Waals surface area contributed by atoms with Crippen molar-refractivity contribution >= 4 is 16.8 Å². The summed E-state index contributed by atoms with van der Waals surface area (Å²) in [4.78, 5) is 32.7. The monoisotopic (exact) mass is 645 g/mol. The van der Waals surface area contributed by atoms with E-state index < -0.39 is 11.4 Å². The molecule has 3 heterocycles. The van der Waals surface area contributed by atoms with Gasteiger partial charge in [0.25, 0.3) is 11.5 Å². The van der Waals surface area contributed by atoms with E-state index in [1.807, 2.05) is 0 Å². The number of pyridine rings is 1. The highest BCUT2D eigenvalue weighted by atomic mass is 19.1. The third kappa shape index (κ3) is 7.71. The van der Waals surface area contributed by atoms with Crippen molar-refractivity contribution in [3.8, 4) is 28.7 Å². The Morgan fingerprint density at radius 3 is 2.60 bits per heavy atom. The molecule has 1 amide bonds. The number of benzene rings is 2.